The molecule has 0 amide bonds. The van der Waals surface area contributed by atoms with Crippen LogP contribution in [0.3, 0.4) is 0 Å². The van der Waals surface area contributed by atoms with E-state index in [1.807, 2.05) is 18.3 Å². The summed E-state index contributed by atoms with van der Waals surface area (Å²) in [6.45, 7) is 4.03. The molecule has 1 atom stereocenters. The van der Waals surface area contributed by atoms with Crippen LogP contribution in [0.1, 0.15) is 55.2 Å². The Labute approximate surface area is 107 Å². The minimum atomic E-state index is -2.21. The van der Waals surface area contributed by atoms with Crippen molar-refractivity contribution in [3.05, 3.63) is 36.5 Å². The molecule has 0 saturated heterocycles. The molecule has 2 aliphatic carbocycles. The molecule has 3 heteroatoms. The quantitative estimate of drug-likeness (QED) is 0.758. The normalized spacial score (nSPS) is 23.1. The van der Waals surface area contributed by atoms with Crippen molar-refractivity contribution >= 4 is 0 Å². The predicted molar refractivity (Wildman–Crippen MR) is 66.6 cm³/mol. The molecule has 1 aromatic rings. The summed E-state index contributed by atoms with van der Waals surface area (Å²) in [5.74, 6) is 0.570. The van der Waals surface area contributed by atoms with Gasteiger partial charge in [0, 0.05) is 23.2 Å². The van der Waals surface area contributed by atoms with E-state index in [2.05, 4.69) is 11.9 Å². The average molecular weight is 250 g/mol. The molecule has 1 heterocycles. The Balaban J connectivity index is 1.66. The third-order valence-electron chi connectivity index (χ3n) is 4.28. The second kappa shape index (κ2) is 4.29. The number of halogens is 2. The molecule has 97 valence electrons. The summed E-state index contributed by atoms with van der Waals surface area (Å²) in [5, 5.41) is 0. The molecule has 0 aromatic carbocycles. The molecule has 0 N–H and O–H groups in total. The first-order chi connectivity index (χ1) is 8.61. The number of aromatic nitrogens is 1. The highest BCUT2D eigenvalue weighted by Gasteiger charge is 2.51. The number of pyridine rings is 1. The molecule has 1 nitrogen and oxygen atoms in total. The van der Waals surface area contributed by atoms with Crippen LogP contribution in [0.4, 0.5) is 8.78 Å². The predicted octanol–water partition coefficient (Wildman–Crippen LogP) is 4.31. The molecule has 18 heavy (non-hydrogen) atoms. The zero-order valence-corrected chi connectivity index (χ0v) is 10.4. The summed E-state index contributed by atoms with van der Waals surface area (Å²) in [6.07, 6.45) is 3.85. The summed E-state index contributed by atoms with van der Waals surface area (Å²) >= 11 is 0. The zero-order chi connectivity index (χ0) is 12.8. The number of hydrogen-bond acceptors (Lipinski definition) is 1. The smallest absolute Gasteiger partial charge is 0.244 e. The Kier molecular flexibility index (Phi) is 2.87. The van der Waals surface area contributed by atoms with Gasteiger partial charge in [-0.3, -0.25) is 4.98 Å². The number of nitrogens with zero attached hydrogens (tertiary/aromatic N) is 1. The Hall–Kier alpha value is -0.990. The van der Waals surface area contributed by atoms with Gasteiger partial charge in [0.1, 0.15) is 0 Å². The van der Waals surface area contributed by atoms with Crippen LogP contribution in [-0.4, -0.2) is 11.4 Å². The van der Waals surface area contributed by atoms with Gasteiger partial charge in [0.05, 0.1) is 0 Å². The maximum Gasteiger partial charge on any atom is 0.244 e. The molecular weight excluding hydrogens is 232 g/mol. The highest BCUT2D eigenvalue weighted by Crippen LogP contribution is 2.56. The highest BCUT2D eigenvalue weighted by molar-refractivity contribution is 5.24. The van der Waals surface area contributed by atoms with Crippen LogP contribution in [0.5, 0.6) is 0 Å². The summed E-state index contributed by atoms with van der Waals surface area (Å²) in [5.41, 5.74) is 1.38. The summed E-state index contributed by atoms with van der Waals surface area (Å²) in [7, 11) is 0. The second-order valence-corrected chi connectivity index (χ2v) is 5.85. The van der Waals surface area contributed by atoms with Gasteiger partial charge in [-0.15, -0.1) is 0 Å². The van der Waals surface area contributed by atoms with Gasteiger partial charge < -0.3 is 0 Å². The molecule has 0 spiro atoms. The lowest BCUT2D eigenvalue weighted by molar-refractivity contribution is 0.0542. The standard InChI is InChI=1S/C15H18F2N/c1-10(8-15(6-7-15)14(16)17)12-4-5-13(18-9-12)11-2-3-11/h4-5,9-11,14H,1-3,6-8H2. The van der Waals surface area contributed by atoms with Gasteiger partial charge in [0.25, 0.3) is 0 Å². The van der Waals surface area contributed by atoms with Crippen LogP contribution in [0.25, 0.3) is 0 Å². The molecule has 3 rings (SSSR count). The Bertz CT molecular complexity index is 419. The molecule has 2 fully saturated rings. The van der Waals surface area contributed by atoms with Crippen molar-refractivity contribution in [1.29, 1.82) is 0 Å². The molecule has 2 aliphatic rings. The number of alkyl halides is 2. The van der Waals surface area contributed by atoms with E-state index in [9.17, 15) is 8.78 Å². The van der Waals surface area contributed by atoms with Gasteiger partial charge in [-0.2, -0.15) is 0 Å². The Morgan fingerprint density at radius 2 is 2.06 bits per heavy atom. The van der Waals surface area contributed by atoms with Gasteiger partial charge in [-0.1, -0.05) is 6.07 Å². The fourth-order valence-corrected chi connectivity index (χ4v) is 2.56. The molecular formula is C15H18F2N. The molecule has 1 unspecified atom stereocenters. The van der Waals surface area contributed by atoms with E-state index in [0.717, 1.165) is 11.3 Å². The largest absolute Gasteiger partial charge is 0.261 e. The van der Waals surface area contributed by atoms with Gasteiger partial charge >= 0.3 is 0 Å². The maximum atomic E-state index is 12.9. The minimum Gasteiger partial charge on any atom is -0.261 e. The Morgan fingerprint density at radius 3 is 2.50 bits per heavy atom. The van der Waals surface area contributed by atoms with Crippen LogP contribution >= 0.6 is 0 Å². The lowest BCUT2D eigenvalue weighted by atomic mass is 9.89. The summed E-state index contributed by atoms with van der Waals surface area (Å²) in [6, 6.07) is 4.05. The van der Waals surface area contributed by atoms with Gasteiger partial charge in [-0.05, 0) is 56.6 Å². The third kappa shape index (κ3) is 2.27. The van der Waals surface area contributed by atoms with Crippen LogP contribution in [0, 0.1) is 12.3 Å². The summed E-state index contributed by atoms with van der Waals surface area (Å²) < 4.78 is 25.8. The van der Waals surface area contributed by atoms with Crippen molar-refractivity contribution in [2.24, 2.45) is 5.41 Å². The third-order valence-corrected chi connectivity index (χ3v) is 4.28. The topological polar surface area (TPSA) is 12.9 Å². The lowest BCUT2D eigenvalue weighted by Gasteiger charge is -2.19. The van der Waals surface area contributed by atoms with E-state index in [1.54, 1.807) is 0 Å². The number of rotatable bonds is 5. The van der Waals surface area contributed by atoms with Gasteiger partial charge in [0.2, 0.25) is 6.43 Å². The van der Waals surface area contributed by atoms with Crippen molar-refractivity contribution in [1.82, 2.24) is 4.98 Å². The van der Waals surface area contributed by atoms with Crippen LogP contribution in [0.15, 0.2) is 18.3 Å². The average Bonchev–Trinajstić information content (AvgIpc) is 3.23. The van der Waals surface area contributed by atoms with E-state index in [4.69, 9.17) is 0 Å². The fraction of sp³-hybridized carbons (Fsp3) is 0.600. The van der Waals surface area contributed by atoms with Crippen LogP contribution < -0.4 is 0 Å². The van der Waals surface area contributed by atoms with Gasteiger partial charge in [0.15, 0.2) is 0 Å². The van der Waals surface area contributed by atoms with E-state index in [-0.39, 0.29) is 5.92 Å². The first-order valence-corrected chi connectivity index (χ1v) is 6.68. The first-order valence-electron chi connectivity index (χ1n) is 6.68. The van der Waals surface area contributed by atoms with Crippen LogP contribution in [-0.2, 0) is 0 Å². The first kappa shape index (κ1) is 12.1. The van der Waals surface area contributed by atoms with Crippen molar-refractivity contribution in [3.8, 4) is 0 Å². The van der Waals surface area contributed by atoms with Gasteiger partial charge in [-0.25, -0.2) is 8.78 Å². The maximum absolute atomic E-state index is 12.9. The molecule has 1 aromatic heterocycles. The van der Waals surface area contributed by atoms with Crippen molar-refractivity contribution < 1.29 is 8.78 Å². The second-order valence-electron chi connectivity index (χ2n) is 5.85. The van der Waals surface area contributed by atoms with Crippen molar-refractivity contribution in [2.45, 2.75) is 50.4 Å². The van der Waals surface area contributed by atoms with Crippen molar-refractivity contribution in [2.75, 3.05) is 0 Å². The monoisotopic (exact) mass is 250 g/mol. The van der Waals surface area contributed by atoms with Crippen LogP contribution in [0.2, 0.25) is 0 Å². The van der Waals surface area contributed by atoms with E-state index >= 15 is 0 Å². The SMILES string of the molecule is [CH2]C(CC1(C(F)F)CC1)c1ccc(C2CC2)nc1. The van der Waals surface area contributed by atoms with E-state index in [1.165, 1.54) is 12.8 Å². The summed E-state index contributed by atoms with van der Waals surface area (Å²) in [4.78, 5) is 4.43. The van der Waals surface area contributed by atoms with E-state index in [0.29, 0.717) is 25.2 Å². The lowest BCUT2D eigenvalue weighted by Crippen LogP contribution is -2.15. The molecule has 0 bridgehead atoms. The zero-order valence-electron chi connectivity index (χ0n) is 10.4. The van der Waals surface area contributed by atoms with Crippen molar-refractivity contribution in [3.63, 3.8) is 0 Å². The van der Waals surface area contributed by atoms with E-state index < -0.39 is 11.8 Å². The Morgan fingerprint density at radius 1 is 1.33 bits per heavy atom. The molecule has 2 saturated carbocycles. The minimum absolute atomic E-state index is 0.0674. The fourth-order valence-electron chi connectivity index (χ4n) is 2.56. The molecule has 0 aliphatic heterocycles. The number of hydrogen-bond donors (Lipinski definition) is 0. The molecule has 1 radical (unpaired) electrons. The highest BCUT2D eigenvalue weighted by atomic mass is 19.3.